The monoisotopic (exact) mass is 301 g/mol. The van der Waals surface area contributed by atoms with Gasteiger partial charge in [0.05, 0.1) is 13.7 Å². The van der Waals surface area contributed by atoms with Crippen LogP contribution >= 0.6 is 0 Å². The lowest BCUT2D eigenvalue weighted by molar-refractivity contribution is 0.163. The van der Waals surface area contributed by atoms with Crippen LogP contribution in [0.15, 0.2) is 24.7 Å². The van der Waals surface area contributed by atoms with Crippen LogP contribution in [0.2, 0.25) is 0 Å². The molecular weight excluding hydrogens is 282 g/mol. The molecule has 1 saturated heterocycles. The molecule has 7 nitrogen and oxygen atoms in total. The van der Waals surface area contributed by atoms with Crippen molar-refractivity contribution in [1.29, 1.82) is 0 Å². The number of anilines is 1. The SMILES string of the molecule is COc1ccnc(N2CCCC(Oc3ncc(C)cn3)C2)n1. The summed E-state index contributed by atoms with van der Waals surface area (Å²) in [6.07, 6.45) is 7.23. The largest absolute Gasteiger partial charge is 0.481 e. The highest BCUT2D eigenvalue weighted by Gasteiger charge is 2.24. The van der Waals surface area contributed by atoms with Gasteiger partial charge in [0.2, 0.25) is 11.8 Å². The van der Waals surface area contributed by atoms with Gasteiger partial charge in [-0.15, -0.1) is 0 Å². The molecule has 2 aromatic heterocycles. The van der Waals surface area contributed by atoms with E-state index in [1.807, 2.05) is 6.92 Å². The standard InChI is InChI=1S/C15H19N5O2/c1-11-8-17-15(18-9-11)22-12-4-3-7-20(10-12)14-16-6-5-13(19-14)21-2/h5-6,8-9,12H,3-4,7,10H2,1-2H3. The maximum atomic E-state index is 5.87. The van der Waals surface area contributed by atoms with Gasteiger partial charge >= 0.3 is 6.01 Å². The second-order valence-corrected chi connectivity index (χ2v) is 5.27. The second kappa shape index (κ2) is 6.55. The zero-order valence-electron chi connectivity index (χ0n) is 12.8. The number of piperidine rings is 1. The highest BCUT2D eigenvalue weighted by molar-refractivity contribution is 5.33. The molecular formula is C15H19N5O2. The zero-order valence-corrected chi connectivity index (χ0v) is 12.8. The Kier molecular flexibility index (Phi) is 4.32. The van der Waals surface area contributed by atoms with E-state index in [2.05, 4.69) is 24.8 Å². The van der Waals surface area contributed by atoms with Crippen molar-refractivity contribution >= 4 is 5.95 Å². The second-order valence-electron chi connectivity index (χ2n) is 5.27. The minimum Gasteiger partial charge on any atom is -0.481 e. The minimum absolute atomic E-state index is 0.0336. The minimum atomic E-state index is 0.0336. The highest BCUT2D eigenvalue weighted by Crippen LogP contribution is 2.20. The lowest BCUT2D eigenvalue weighted by Gasteiger charge is -2.32. The van der Waals surface area contributed by atoms with E-state index in [1.54, 1.807) is 31.8 Å². The van der Waals surface area contributed by atoms with Crippen LogP contribution < -0.4 is 14.4 Å². The molecule has 0 bridgehead atoms. The molecule has 0 aliphatic carbocycles. The molecule has 22 heavy (non-hydrogen) atoms. The van der Waals surface area contributed by atoms with E-state index < -0.39 is 0 Å². The molecule has 1 atom stereocenters. The van der Waals surface area contributed by atoms with E-state index in [0.717, 1.165) is 24.9 Å². The van der Waals surface area contributed by atoms with Crippen molar-refractivity contribution in [2.24, 2.45) is 0 Å². The Morgan fingerprint density at radius 1 is 1.23 bits per heavy atom. The molecule has 1 fully saturated rings. The lowest BCUT2D eigenvalue weighted by Crippen LogP contribution is -2.42. The molecule has 7 heteroatoms. The fraction of sp³-hybridized carbons (Fsp3) is 0.467. The summed E-state index contributed by atoms with van der Waals surface area (Å²) in [5.41, 5.74) is 1.02. The van der Waals surface area contributed by atoms with Crippen LogP contribution in [-0.2, 0) is 0 Å². The molecule has 0 N–H and O–H groups in total. The van der Waals surface area contributed by atoms with Crippen molar-refractivity contribution in [3.05, 3.63) is 30.2 Å². The van der Waals surface area contributed by atoms with E-state index in [4.69, 9.17) is 9.47 Å². The van der Waals surface area contributed by atoms with E-state index in [9.17, 15) is 0 Å². The molecule has 0 spiro atoms. The van der Waals surface area contributed by atoms with Crippen LogP contribution in [-0.4, -0.2) is 46.2 Å². The Balaban J connectivity index is 1.67. The van der Waals surface area contributed by atoms with Gasteiger partial charge in [0.15, 0.2) is 0 Å². The highest BCUT2D eigenvalue weighted by atomic mass is 16.5. The van der Waals surface area contributed by atoms with E-state index in [0.29, 0.717) is 24.4 Å². The quantitative estimate of drug-likeness (QED) is 0.849. The first-order valence-electron chi connectivity index (χ1n) is 7.32. The van der Waals surface area contributed by atoms with E-state index in [1.165, 1.54) is 0 Å². The predicted molar refractivity (Wildman–Crippen MR) is 81.2 cm³/mol. The van der Waals surface area contributed by atoms with Crippen LogP contribution in [0, 0.1) is 6.92 Å². The topological polar surface area (TPSA) is 73.3 Å². The summed E-state index contributed by atoms with van der Waals surface area (Å²) in [6, 6.07) is 2.16. The first-order chi connectivity index (χ1) is 10.7. The van der Waals surface area contributed by atoms with Crippen LogP contribution in [0.1, 0.15) is 18.4 Å². The average molecular weight is 301 g/mol. The number of nitrogens with zero attached hydrogens (tertiary/aromatic N) is 5. The Morgan fingerprint density at radius 2 is 2.05 bits per heavy atom. The van der Waals surface area contributed by atoms with Crippen molar-refractivity contribution < 1.29 is 9.47 Å². The van der Waals surface area contributed by atoms with E-state index >= 15 is 0 Å². The molecule has 0 aromatic carbocycles. The van der Waals surface area contributed by atoms with Gasteiger partial charge in [-0.05, 0) is 25.3 Å². The molecule has 1 unspecified atom stereocenters. The summed E-state index contributed by atoms with van der Waals surface area (Å²) in [6.45, 7) is 3.57. The van der Waals surface area contributed by atoms with E-state index in [-0.39, 0.29) is 6.10 Å². The normalized spacial score (nSPS) is 18.1. The van der Waals surface area contributed by atoms with Crippen LogP contribution in [0.5, 0.6) is 11.9 Å². The van der Waals surface area contributed by atoms with Crippen molar-refractivity contribution in [3.63, 3.8) is 0 Å². The zero-order chi connectivity index (χ0) is 15.4. The summed E-state index contributed by atoms with van der Waals surface area (Å²) in [5.74, 6) is 1.23. The average Bonchev–Trinajstić information content (AvgIpc) is 2.57. The molecule has 116 valence electrons. The number of ether oxygens (including phenoxy) is 2. The Bertz CT molecular complexity index is 620. The Morgan fingerprint density at radius 3 is 2.82 bits per heavy atom. The van der Waals surface area contributed by atoms with Crippen LogP contribution in [0.25, 0.3) is 0 Å². The molecule has 1 aliphatic heterocycles. The summed E-state index contributed by atoms with van der Waals surface area (Å²) in [4.78, 5) is 19.2. The van der Waals surface area contributed by atoms with Gasteiger partial charge in [-0.2, -0.15) is 4.98 Å². The molecule has 0 amide bonds. The number of hydrogen-bond donors (Lipinski definition) is 0. The summed E-state index contributed by atoms with van der Waals surface area (Å²) in [5, 5.41) is 0. The molecule has 1 aliphatic rings. The maximum Gasteiger partial charge on any atom is 0.316 e. The van der Waals surface area contributed by atoms with Crippen molar-refractivity contribution in [2.45, 2.75) is 25.9 Å². The number of rotatable bonds is 4. The molecule has 0 saturated carbocycles. The van der Waals surface area contributed by atoms with Crippen LogP contribution in [0.3, 0.4) is 0 Å². The van der Waals surface area contributed by atoms with Gasteiger partial charge < -0.3 is 14.4 Å². The summed E-state index contributed by atoms with van der Waals surface area (Å²) >= 11 is 0. The van der Waals surface area contributed by atoms with Crippen LogP contribution in [0.4, 0.5) is 5.95 Å². The fourth-order valence-corrected chi connectivity index (χ4v) is 2.41. The molecule has 3 heterocycles. The maximum absolute atomic E-state index is 5.87. The van der Waals surface area contributed by atoms with Crippen molar-refractivity contribution in [1.82, 2.24) is 19.9 Å². The van der Waals surface area contributed by atoms with Gasteiger partial charge in [-0.3, -0.25) is 0 Å². The number of methoxy groups -OCH3 is 1. The summed E-state index contributed by atoms with van der Waals surface area (Å²) in [7, 11) is 1.60. The molecule has 0 radical (unpaired) electrons. The molecule has 2 aromatic rings. The first kappa shape index (κ1) is 14.5. The smallest absolute Gasteiger partial charge is 0.316 e. The summed E-state index contributed by atoms with van der Waals surface area (Å²) < 4.78 is 11.0. The third-order valence-electron chi connectivity index (χ3n) is 3.52. The van der Waals surface area contributed by atoms with Gasteiger partial charge in [0, 0.05) is 31.2 Å². The van der Waals surface area contributed by atoms with Gasteiger partial charge in [-0.1, -0.05) is 0 Å². The van der Waals surface area contributed by atoms with Gasteiger partial charge in [0.1, 0.15) is 6.10 Å². The lowest BCUT2D eigenvalue weighted by atomic mass is 10.1. The van der Waals surface area contributed by atoms with Gasteiger partial charge in [0.25, 0.3) is 0 Å². The Labute approximate surface area is 129 Å². The van der Waals surface area contributed by atoms with Gasteiger partial charge in [-0.25, -0.2) is 15.0 Å². The first-order valence-corrected chi connectivity index (χ1v) is 7.32. The number of hydrogen-bond acceptors (Lipinski definition) is 7. The molecule has 3 rings (SSSR count). The van der Waals surface area contributed by atoms with Crippen molar-refractivity contribution in [3.8, 4) is 11.9 Å². The number of aryl methyl sites for hydroxylation is 1. The Hall–Kier alpha value is -2.44. The predicted octanol–water partition coefficient (Wildman–Crippen LogP) is 1.63. The third kappa shape index (κ3) is 3.41. The van der Waals surface area contributed by atoms with Crippen molar-refractivity contribution in [2.75, 3.05) is 25.1 Å². The fourth-order valence-electron chi connectivity index (χ4n) is 2.41. The third-order valence-corrected chi connectivity index (χ3v) is 3.52. The number of aromatic nitrogens is 4.